The number of ether oxygens (including phenoxy) is 2. The molecule has 8 heteroatoms. The van der Waals surface area contributed by atoms with Gasteiger partial charge < -0.3 is 14.4 Å². The van der Waals surface area contributed by atoms with E-state index in [1.165, 1.54) is 24.0 Å². The molecule has 0 aromatic carbocycles. The predicted molar refractivity (Wildman–Crippen MR) is 111 cm³/mol. The normalized spacial score (nSPS) is 21.4. The van der Waals surface area contributed by atoms with E-state index in [0.29, 0.717) is 18.9 Å². The second-order valence-corrected chi connectivity index (χ2v) is 8.60. The molecule has 0 radical (unpaired) electrons. The Morgan fingerprint density at radius 2 is 2.21 bits per heavy atom. The first-order valence-electron chi connectivity index (χ1n) is 9.85. The first-order chi connectivity index (χ1) is 14.1. The number of thiophene rings is 1. The van der Waals surface area contributed by atoms with E-state index in [1.54, 1.807) is 23.7 Å². The molecule has 0 bridgehead atoms. The van der Waals surface area contributed by atoms with Crippen molar-refractivity contribution < 1.29 is 14.3 Å². The van der Waals surface area contributed by atoms with Crippen LogP contribution in [-0.2, 0) is 27.1 Å². The Kier molecular flexibility index (Phi) is 4.67. The van der Waals surface area contributed by atoms with E-state index in [-0.39, 0.29) is 12.1 Å². The summed E-state index contributed by atoms with van der Waals surface area (Å²) in [5.41, 5.74) is 2.25. The Morgan fingerprint density at radius 1 is 1.31 bits per heavy atom. The minimum atomic E-state index is -0.623. The summed E-state index contributed by atoms with van der Waals surface area (Å²) in [5.74, 6) is 1.20. The van der Waals surface area contributed by atoms with Crippen molar-refractivity contribution in [3.05, 3.63) is 35.0 Å². The monoisotopic (exact) mass is 410 g/mol. The number of hydrogen-bond acceptors (Lipinski definition) is 8. The maximum absolute atomic E-state index is 12.2. The number of hydrogen-bond donors (Lipinski definition) is 0. The molecule has 5 rings (SSSR count). The summed E-state index contributed by atoms with van der Waals surface area (Å²) in [5, 5.41) is 1.13. The van der Waals surface area contributed by atoms with Crippen LogP contribution in [0, 0.1) is 0 Å². The van der Waals surface area contributed by atoms with Crippen LogP contribution >= 0.6 is 11.3 Å². The van der Waals surface area contributed by atoms with Gasteiger partial charge in [0.15, 0.2) is 11.9 Å². The molecule has 0 spiro atoms. The third-order valence-corrected chi connectivity index (χ3v) is 6.67. The van der Waals surface area contributed by atoms with E-state index in [0.717, 1.165) is 34.4 Å². The van der Waals surface area contributed by atoms with Crippen molar-refractivity contribution in [3.8, 4) is 11.4 Å². The molecule has 2 aliphatic rings. The first kappa shape index (κ1) is 18.4. The number of pyridine rings is 1. The van der Waals surface area contributed by atoms with Gasteiger partial charge in [-0.2, -0.15) is 0 Å². The van der Waals surface area contributed by atoms with Crippen LogP contribution in [0.3, 0.4) is 0 Å². The van der Waals surface area contributed by atoms with Gasteiger partial charge in [0.25, 0.3) is 0 Å². The van der Waals surface area contributed by atoms with E-state index in [9.17, 15) is 4.79 Å². The zero-order valence-electron chi connectivity index (χ0n) is 16.4. The number of esters is 1. The van der Waals surface area contributed by atoms with Gasteiger partial charge in [0, 0.05) is 29.4 Å². The molecule has 1 saturated heterocycles. The van der Waals surface area contributed by atoms with Crippen LogP contribution in [0.2, 0.25) is 0 Å². The number of carbonyl (C=O) groups excluding carboxylic acids is 1. The van der Waals surface area contributed by atoms with Gasteiger partial charge in [0.05, 0.1) is 25.1 Å². The summed E-state index contributed by atoms with van der Waals surface area (Å²) in [6, 6.07) is 3.86. The Bertz CT molecular complexity index is 1070. The van der Waals surface area contributed by atoms with Gasteiger partial charge >= 0.3 is 5.97 Å². The Labute approximate surface area is 172 Å². The summed E-state index contributed by atoms with van der Waals surface area (Å²) < 4.78 is 10.8. The lowest BCUT2D eigenvalue weighted by Crippen LogP contribution is -2.50. The van der Waals surface area contributed by atoms with Gasteiger partial charge in [0.1, 0.15) is 10.6 Å². The highest BCUT2D eigenvalue weighted by Crippen LogP contribution is 2.42. The number of fused-ring (bicyclic) bond motifs is 3. The summed E-state index contributed by atoms with van der Waals surface area (Å²) in [4.78, 5) is 30.8. The number of rotatable bonds is 3. The van der Waals surface area contributed by atoms with Gasteiger partial charge in [-0.1, -0.05) is 0 Å². The zero-order valence-corrected chi connectivity index (χ0v) is 17.2. The van der Waals surface area contributed by atoms with E-state index < -0.39 is 6.10 Å². The molecule has 0 saturated carbocycles. The topological polar surface area (TPSA) is 77.4 Å². The molecule has 3 aromatic heterocycles. The van der Waals surface area contributed by atoms with Crippen LogP contribution in [0.4, 0.5) is 5.82 Å². The molecule has 3 aromatic rings. The molecule has 1 aliphatic heterocycles. The fourth-order valence-corrected chi connectivity index (χ4v) is 5.47. The maximum atomic E-state index is 12.2. The van der Waals surface area contributed by atoms with Crippen LogP contribution in [0.15, 0.2) is 24.5 Å². The Morgan fingerprint density at radius 3 is 3.00 bits per heavy atom. The van der Waals surface area contributed by atoms with Gasteiger partial charge in [-0.3, -0.25) is 4.98 Å². The zero-order chi connectivity index (χ0) is 20.0. The summed E-state index contributed by atoms with van der Waals surface area (Å²) in [7, 11) is 1.39. The van der Waals surface area contributed by atoms with Crippen molar-refractivity contribution in [1.29, 1.82) is 0 Å². The lowest BCUT2D eigenvalue weighted by atomic mass is 10.1. The summed E-state index contributed by atoms with van der Waals surface area (Å²) in [6.07, 6.45) is 6.12. The molecule has 0 N–H and O–H groups in total. The van der Waals surface area contributed by atoms with Crippen LogP contribution in [-0.4, -0.2) is 53.3 Å². The highest BCUT2D eigenvalue weighted by atomic mass is 32.1. The van der Waals surface area contributed by atoms with E-state index >= 15 is 0 Å². The SMILES string of the molecule is COC(=O)C1CN(c2nc(-c3cccnc3)nc3sc4c(c23)CCC4)C[C@@H](C)O1. The fourth-order valence-electron chi connectivity index (χ4n) is 4.22. The van der Waals surface area contributed by atoms with Gasteiger partial charge in [-0.25, -0.2) is 14.8 Å². The standard InChI is InChI=1S/C21H22N4O3S/c1-12-10-25(11-15(28-12)21(26)27-2)19-17-14-6-3-7-16(14)29-20(17)24-18(23-19)13-5-4-8-22-9-13/h4-5,8-9,12,15H,3,6-7,10-11H2,1-2H3/t12-,15?/m1/s1. The van der Waals surface area contributed by atoms with Gasteiger partial charge in [-0.15, -0.1) is 11.3 Å². The number of aromatic nitrogens is 3. The van der Waals surface area contributed by atoms with Crippen LogP contribution in [0.5, 0.6) is 0 Å². The highest BCUT2D eigenvalue weighted by Gasteiger charge is 2.34. The van der Waals surface area contributed by atoms with E-state index in [2.05, 4.69) is 9.88 Å². The van der Waals surface area contributed by atoms with Crippen molar-refractivity contribution >= 4 is 33.3 Å². The number of morpholine rings is 1. The molecule has 150 valence electrons. The molecule has 4 heterocycles. The summed E-state index contributed by atoms with van der Waals surface area (Å²) in [6.45, 7) is 3.05. The molecule has 29 heavy (non-hydrogen) atoms. The van der Waals surface area contributed by atoms with Crippen LogP contribution < -0.4 is 4.90 Å². The average molecular weight is 410 g/mol. The second kappa shape index (κ2) is 7.35. The van der Waals surface area contributed by atoms with Crippen molar-refractivity contribution in [3.63, 3.8) is 0 Å². The predicted octanol–water partition coefficient (Wildman–Crippen LogP) is 3.01. The molecule has 7 nitrogen and oxygen atoms in total. The third kappa shape index (κ3) is 3.26. The maximum Gasteiger partial charge on any atom is 0.336 e. The van der Waals surface area contributed by atoms with Crippen LogP contribution in [0.25, 0.3) is 21.6 Å². The Balaban J connectivity index is 1.66. The highest BCUT2D eigenvalue weighted by molar-refractivity contribution is 7.19. The van der Waals surface area contributed by atoms with Crippen molar-refractivity contribution in [2.75, 3.05) is 25.1 Å². The number of carbonyl (C=O) groups is 1. The number of nitrogens with zero attached hydrogens (tertiary/aromatic N) is 4. The quantitative estimate of drug-likeness (QED) is 0.614. The smallest absolute Gasteiger partial charge is 0.336 e. The lowest BCUT2D eigenvalue weighted by Gasteiger charge is -2.36. The molecule has 1 unspecified atom stereocenters. The fraction of sp³-hybridized carbons (Fsp3) is 0.429. The minimum Gasteiger partial charge on any atom is -0.467 e. The number of aryl methyl sites for hydroxylation is 2. The second-order valence-electron chi connectivity index (χ2n) is 7.51. The molecule has 0 amide bonds. The average Bonchev–Trinajstić information content (AvgIpc) is 3.33. The van der Waals surface area contributed by atoms with Crippen molar-refractivity contribution in [2.45, 2.75) is 38.4 Å². The lowest BCUT2D eigenvalue weighted by molar-refractivity contribution is -0.158. The third-order valence-electron chi connectivity index (χ3n) is 5.49. The largest absolute Gasteiger partial charge is 0.467 e. The van der Waals surface area contributed by atoms with Crippen molar-refractivity contribution in [2.24, 2.45) is 0 Å². The molecule has 1 fully saturated rings. The number of methoxy groups -OCH3 is 1. The molecule has 1 aliphatic carbocycles. The van der Waals surface area contributed by atoms with Gasteiger partial charge in [0.2, 0.25) is 0 Å². The van der Waals surface area contributed by atoms with Crippen molar-refractivity contribution in [1.82, 2.24) is 15.0 Å². The Hall–Kier alpha value is -2.58. The van der Waals surface area contributed by atoms with Gasteiger partial charge in [-0.05, 0) is 43.9 Å². The molecular formula is C21H22N4O3S. The van der Waals surface area contributed by atoms with Crippen LogP contribution in [0.1, 0.15) is 23.8 Å². The molecule has 2 atom stereocenters. The molecular weight excluding hydrogens is 388 g/mol. The summed E-state index contributed by atoms with van der Waals surface area (Å²) >= 11 is 1.76. The minimum absolute atomic E-state index is 0.105. The first-order valence-corrected chi connectivity index (χ1v) is 10.7. The van der Waals surface area contributed by atoms with E-state index in [4.69, 9.17) is 19.4 Å². The van der Waals surface area contributed by atoms with E-state index in [1.807, 2.05) is 19.1 Å². The number of anilines is 1.